The Bertz CT molecular complexity index is 829. The van der Waals surface area contributed by atoms with E-state index in [2.05, 4.69) is 10.5 Å². The van der Waals surface area contributed by atoms with E-state index in [0.29, 0.717) is 24.5 Å². The highest BCUT2D eigenvalue weighted by Gasteiger charge is 2.28. The number of benzene rings is 2. The predicted molar refractivity (Wildman–Crippen MR) is 113 cm³/mol. The predicted octanol–water partition coefficient (Wildman–Crippen LogP) is 4.84. The Kier molecular flexibility index (Phi) is 6.25. The van der Waals surface area contributed by atoms with Crippen LogP contribution in [0.2, 0.25) is 5.02 Å². The molecular formula is C22H26ClN3O2. The van der Waals surface area contributed by atoms with Crippen molar-refractivity contribution in [2.24, 2.45) is 5.16 Å². The fourth-order valence-electron chi connectivity index (χ4n) is 3.01. The Morgan fingerprint density at radius 2 is 1.86 bits per heavy atom. The maximum atomic E-state index is 12.8. The van der Waals surface area contributed by atoms with Crippen LogP contribution in [0, 0.1) is 0 Å². The van der Waals surface area contributed by atoms with Crippen LogP contribution in [0.4, 0.5) is 4.79 Å². The van der Waals surface area contributed by atoms with Gasteiger partial charge < -0.3 is 15.1 Å². The largest absolute Gasteiger partial charge is 0.390 e. The molecule has 2 aromatic carbocycles. The third-order valence-corrected chi connectivity index (χ3v) is 4.57. The number of urea groups is 1. The lowest BCUT2D eigenvalue weighted by atomic mass is 10.0. The van der Waals surface area contributed by atoms with Gasteiger partial charge in [0.1, 0.15) is 0 Å². The van der Waals surface area contributed by atoms with E-state index < -0.39 is 0 Å². The molecule has 1 aliphatic heterocycles. The average molecular weight is 400 g/mol. The van der Waals surface area contributed by atoms with Crippen molar-refractivity contribution < 1.29 is 9.63 Å². The van der Waals surface area contributed by atoms with Gasteiger partial charge in [-0.05, 0) is 44.0 Å². The summed E-state index contributed by atoms with van der Waals surface area (Å²) in [5.41, 5.74) is 2.62. The van der Waals surface area contributed by atoms with E-state index in [4.69, 9.17) is 16.4 Å². The molecule has 0 aliphatic carbocycles. The quantitative estimate of drug-likeness (QED) is 0.781. The summed E-state index contributed by atoms with van der Waals surface area (Å²) in [4.78, 5) is 20.3. The second-order valence-electron chi connectivity index (χ2n) is 8.02. The average Bonchev–Trinajstić information content (AvgIpc) is 3.10. The molecule has 0 saturated heterocycles. The van der Waals surface area contributed by atoms with Crippen molar-refractivity contribution in [1.82, 2.24) is 10.2 Å². The topological polar surface area (TPSA) is 53.9 Å². The Hall–Kier alpha value is -2.53. The molecule has 2 aromatic rings. The highest BCUT2D eigenvalue weighted by molar-refractivity contribution is 6.30. The van der Waals surface area contributed by atoms with Gasteiger partial charge in [0.05, 0.1) is 12.3 Å². The zero-order valence-corrected chi connectivity index (χ0v) is 17.2. The van der Waals surface area contributed by atoms with Gasteiger partial charge in [0.15, 0.2) is 6.10 Å². The zero-order chi connectivity index (χ0) is 20.1. The number of nitrogens with one attached hydrogen (secondary N) is 1. The number of rotatable bonds is 5. The standard InChI is InChI=1S/C22H26ClN3O2/c1-22(2,3)24-21(27)26(14-16-7-5-4-6-8-16)15-19-13-20(25-28-19)17-9-11-18(23)12-10-17/h4-12,19H,13-15H2,1-3H3,(H,24,27)/t19-/m0/s1. The lowest BCUT2D eigenvalue weighted by molar-refractivity contribution is 0.0580. The van der Waals surface area contributed by atoms with E-state index in [0.717, 1.165) is 16.8 Å². The zero-order valence-electron chi connectivity index (χ0n) is 16.5. The molecule has 28 heavy (non-hydrogen) atoms. The molecule has 1 N–H and O–H groups in total. The normalized spacial score (nSPS) is 16.3. The number of hydrogen-bond acceptors (Lipinski definition) is 3. The van der Waals surface area contributed by atoms with Crippen molar-refractivity contribution in [2.45, 2.75) is 45.4 Å². The fraction of sp³-hybridized carbons (Fsp3) is 0.364. The highest BCUT2D eigenvalue weighted by atomic mass is 35.5. The first-order valence-corrected chi connectivity index (χ1v) is 9.77. The molecule has 0 unspecified atom stereocenters. The molecule has 1 aliphatic rings. The molecular weight excluding hydrogens is 374 g/mol. The minimum atomic E-state index is -0.312. The Balaban J connectivity index is 1.67. The number of hydrogen-bond donors (Lipinski definition) is 1. The second-order valence-corrected chi connectivity index (χ2v) is 8.46. The Morgan fingerprint density at radius 3 is 2.50 bits per heavy atom. The molecule has 0 radical (unpaired) electrons. The van der Waals surface area contributed by atoms with Gasteiger partial charge in [-0.25, -0.2) is 4.79 Å². The van der Waals surface area contributed by atoms with Crippen LogP contribution in [0.15, 0.2) is 59.8 Å². The van der Waals surface area contributed by atoms with Gasteiger partial charge in [-0.1, -0.05) is 59.2 Å². The number of nitrogens with zero attached hydrogens (tertiary/aromatic N) is 2. The Morgan fingerprint density at radius 1 is 1.18 bits per heavy atom. The minimum absolute atomic E-state index is 0.111. The summed E-state index contributed by atoms with van der Waals surface area (Å²) >= 11 is 5.96. The maximum absolute atomic E-state index is 12.8. The van der Waals surface area contributed by atoms with Gasteiger partial charge in [0, 0.05) is 23.5 Å². The molecule has 5 nitrogen and oxygen atoms in total. The molecule has 148 valence electrons. The van der Waals surface area contributed by atoms with Crippen molar-refractivity contribution >= 4 is 23.3 Å². The SMILES string of the molecule is CC(C)(C)NC(=O)N(Cc1ccccc1)C[C@@H]1CC(c2ccc(Cl)cc2)=NO1. The summed E-state index contributed by atoms with van der Waals surface area (Å²) in [6.07, 6.45) is 0.468. The van der Waals surface area contributed by atoms with Gasteiger partial charge in [-0.2, -0.15) is 0 Å². The number of carbonyl (C=O) groups excluding carboxylic acids is 1. The van der Waals surface area contributed by atoms with E-state index in [-0.39, 0.29) is 17.7 Å². The van der Waals surface area contributed by atoms with Gasteiger partial charge in [0.2, 0.25) is 0 Å². The van der Waals surface area contributed by atoms with Crippen molar-refractivity contribution in [3.05, 3.63) is 70.7 Å². The summed E-state index contributed by atoms with van der Waals surface area (Å²) in [5.74, 6) is 0. The minimum Gasteiger partial charge on any atom is -0.390 e. The van der Waals surface area contributed by atoms with Crippen LogP contribution in [0.5, 0.6) is 0 Å². The van der Waals surface area contributed by atoms with E-state index in [1.165, 1.54) is 0 Å². The fourth-order valence-corrected chi connectivity index (χ4v) is 3.13. The third kappa shape index (κ3) is 5.73. The van der Waals surface area contributed by atoms with E-state index in [9.17, 15) is 4.79 Å². The molecule has 0 fully saturated rings. The van der Waals surface area contributed by atoms with E-state index in [1.54, 1.807) is 4.90 Å². The lowest BCUT2D eigenvalue weighted by Crippen LogP contribution is -2.50. The van der Waals surface area contributed by atoms with E-state index >= 15 is 0 Å². The van der Waals surface area contributed by atoms with Crippen LogP contribution in [-0.2, 0) is 11.4 Å². The van der Waals surface area contributed by atoms with Crippen LogP contribution in [0.1, 0.15) is 38.3 Å². The van der Waals surface area contributed by atoms with Gasteiger partial charge >= 0.3 is 6.03 Å². The van der Waals surface area contributed by atoms with E-state index in [1.807, 2.05) is 75.4 Å². The number of carbonyl (C=O) groups is 1. The monoisotopic (exact) mass is 399 g/mol. The van der Waals surface area contributed by atoms with Crippen LogP contribution < -0.4 is 5.32 Å². The van der Waals surface area contributed by atoms with Crippen molar-refractivity contribution in [3.8, 4) is 0 Å². The molecule has 0 saturated carbocycles. The number of oxime groups is 1. The summed E-state index contributed by atoms with van der Waals surface area (Å²) in [6, 6.07) is 17.4. The lowest BCUT2D eigenvalue weighted by Gasteiger charge is -2.29. The second kappa shape index (κ2) is 8.65. The number of amides is 2. The number of halogens is 1. The first-order chi connectivity index (χ1) is 13.3. The first-order valence-electron chi connectivity index (χ1n) is 9.40. The van der Waals surface area contributed by atoms with Gasteiger partial charge in [-0.3, -0.25) is 0 Å². The van der Waals surface area contributed by atoms with Crippen molar-refractivity contribution in [1.29, 1.82) is 0 Å². The molecule has 3 rings (SSSR count). The maximum Gasteiger partial charge on any atom is 0.318 e. The summed E-state index contributed by atoms with van der Waals surface area (Å²) in [7, 11) is 0. The van der Waals surface area contributed by atoms with Crippen molar-refractivity contribution in [3.63, 3.8) is 0 Å². The third-order valence-electron chi connectivity index (χ3n) is 4.32. The molecule has 0 bridgehead atoms. The first kappa shape index (κ1) is 20.2. The summed E-state index contributed by atoms with van der Waals surface area (Å²) in [6.45, 7) is 6.88. The van der Waals surface area contributed by atoms with Crippen LogP contribution in [-0.4, -0.2) is 34.8 Å². The summed E-state index contributed by atoms with van der Waals surface area (Å²) < 4.78 is 0. The van der Waals surface area contributed by atoms with Gasteiger partial charge in [0.25, 0.3) is 0 Å². The molecule has 1 atom stereocenters. The van der Waals surface area contributed by atoms with Crippen molar-refractivity contribution in [2.75, 3.05) is 6.54 Å². The highest BCUT2D eigenvalue weighted by Crippen LogP contribution is 2.20. The molecule has 0 aromatic heterocycles. The molecule has 1 heterocycles. The molecule has 6 heteroatoms. The smallest absolute Gasteiger partial charge is 0.318 e. The van der Waals surface area contributed by atoms with Crippen LogP contribution >= 0.6 is 11.6 Å². The van der Waals surface area contributed by atoms with Crippen LogP contribution in [0.3, 0.4) is 0 Å². The molecule has 0 spiro atoms. The van der Waals surface area contributed by atoms with Crippen LogP contribution in [0.25, 0.3) is 0 Å². The Labute approximate surface area is 171 Å². The summed E-state index contributed by atoms with van der Waals surface area (Å²) in [5, 5.41) is 7.96. The molecule has 2 amide bonds. The van der Waals surface area contributed by atoms with Gasteiger partial charge in [-0.15, -0.1) is 0 Å².